The van der Waals surface area contributed by atoms with Crippen molar-refractivity contribution in [3.8, 4) is 0 Å². The fraction of sp³-hybridized carbons (Fsp3) is 0.933. The van der Waals surface area contributed by atoms with Crippen LogP contribution in [0.5, 0.6) is 0 Å². The van der Waals surface area contributed by atoms with Crippen LogP contribution in [0.15, 0.2) is 0 Å². The molecule has 0 aromatic heterocycles. The molecule has 19 heavy (non-hydrogen) atoms. The van der Waals surface area contributed by atoms with Crippen LogP contribution in [0.4, 0.5) is 0 Å². The molecule has 2 atom stereocenters. The highest BCUT2D eigenvalue weighted by Gasteiger charge is 2.36. The summed E-state index contributed by atoms with van der Waals surface area (Å²) in [6.45, 7) is 5.94. The molecule has 1 amide bonds. The standard InChI is InChI=1S/C15H27N3O/c16-10-13-2-1-3-14(13)15(19)18-8-6-17(7-9-18)11-12-4-5-12/h12-14H,1-11,16H2/t13-,14-/m1/s1. The summed E-state index contributed by atoms with van der Waals surface area (Å²) in [5, 5.41) is 0. The highest BCUT2D eigenvalue weighted by atomic mass is 16.2. The molecule has 3 fully saturated rings. The molecule has 1 aliphatic heterocycles. The molecule has 0 aromatic rings. The third kappa shape index (κ3) is 3.11. The van der Waals surface area contributed by atoms with Gasteiger partial charge in [-0.2, -0.15) is 0 Å². The Morgan fingerprint density at radius 2 is 1.79 bits per heavy atom. The van der Waals surface area contributed by atoms with Gasteiger partial charge in [0.05, 0.1) is 0 Å². The number of nitrogens with zero attached hydrogens (tertiary/aromatic N) is 2. The number of amides is 1. The molecule has 4 heteroatoms. The second-order valence-corrected chi connectivity index (χ2v) is 6.60. The summed E-state index contributed by atoms with van der Waals surface area (Å²) in [5.74, 6) is 2.01. The second-order valence-electron chi connectivity index (χ2n) is 6.60. The van der Waals surface area contributed by atoms with Gasteiger partial charge in [-0.05, 0) is 44.1 Å². The smallest absolute Gasteiger partial charge is 0.226 e. The molecular weight excluding hydrogens is 238 g/mol. The van der Waals surface area contributed by atoms with Gasteiger partial charge >= 0.3 is 0 Å². The van der Waals surface area contributed by atoms with Crippen LogP contribution in [-0.2, 0) is 4.79 Å². The number of carbonyl (C=O) groups excluding carboxylic acids is 1. The van der Waals surface area contributed by atoms with Crippen molar-refractivity contribution < 1.29 is 4.79 Å². The summed E-state index contributed by atoms with van der Waals surface area (Å²) in [6.07, 6.45) is 6.22. The van der Waals surface area contributed by atoms with Crippen LogP contribution in [0.2, 0.25) is 0 Å². The Bertz CT molecular complexity index is 321. The molecule has 3 rings (SSSR count). The van der Waals surface area contributed by atoms with Crippen molar-refractivity contribution in [2.45, 2.75) is 32.1 Å². The predicted molar refractivity (Wildman–Crippen MR) is 75.6 cm³/mol. The first-order valence-corrected chi connectivity index (χ1v) is 7.99. The topological polar surface area (TPSA) is 49.6 Å². The molecule has 2 saturated carbocycles. The van der Waals surface area contributed by atoms with E-state index in [-0.39, 0.29) is 5.92 Å². The summed E-state index contributed by atoms with van der Waals surface area (Å²) in [7, 11) is 0. The van der Waals surface area contributed by atoms with E-state index in [1.165, 1.54) is 25.8 Å². The molecule has 4 nitrogen and oxygen atoms in total. The zero-order valence-corrected chi connectivity index (χ0v) is 11.9. The van der Waals surface area contributed by atoms with Gasteiger partial charge in [0.2, 0.25) is 5.91 Å². The zero-order valence-electron chi connectivity index (χ0n) is 11.9. The van der Waals surface area contributed by atoms with Crippen LogP contribution in [0.3, 0.4) is 0 Å². The molecule has 0 radical (unpaired) electrons. The summed E-state index contributed by atoms with van der Waals surface area (Å²) in [6, 6.07) is 0. The van der Waals surface area contributed by atoms with E-state index in [9.17, 15) is 4.79 Å². The lowest BCUT2D eigenvalue weighted by atomic mass is 9.94. The summed E-state index contributed by atoms with van der Waals surface area (Å²) in [5.41, 5.74) is 5.80. The molecular formula is C15H27N3O. The van der Waals surface area contributed by atoms with Crippen molar-refractivity contribution in [1.29, 1.82) is 0 Å². The summed E-state index contributed by atoms with van der Waals surface area (Å²) < 4.78 is 0. The van der Waals surface area contributed by atoms with Crippen LogP contribution in [0, 0.1) is 17.8 Å². The van der Waals surface area contributed by atoms with Crippen LogP contribution >= 0.6 is 0 Å². The first-order valence-electron chi connectivity index (χ1n) is 7.99. The van der Waals surface area contributed by atoms with Gasteiger partial charge in [0, 0.05) is 38.6 Å². The molecule has 108 valence electrons. The first kappa shape index (κ1) is 13.4. The van der Waals surface area contributed by atoms with E-state index in [2.05, 4.69) is 9.80 Å². The molecule has 0 bridgehead atoms. The monoisotopic (exact) mass is 265 g/mol. The van der Waals surface area contributed by atoms with Gasteiger partial charge < -0.3 is 10.6 Å². The number of nitrogens with two attached hydrogens (primary N) is 1. The minimum atomic E-state index is 0.222. The quantitative estimate of drug-likeness (QED) is 0.822. The van der Waals surface area contributed by atoms with Crippen molar-refractivity contribution >= 4 is 5.91 Å². The Balaban J connectivity index is 1.48. The fourth-order valence-electron chi connectivity index (χ4n) is 3.69. The van der Waals surface area contributed by atoms with Crippen LogP contribution in [0.25, 0.3) is 0 Å². The molecule has 2 N–H and O–H groups in total. The van der Waals surface area contributed by atoms with Gasteiger partial charge in [-0.1, -0.05) is 6.42 Å². The number of rotatable bonds is 4. The largest absolute Gasteiger partial charge is 0.340 e. The van der Waals surface area contributed by atoms with Crippen molar-refractivity contribution in [2.75, 3.05) is 39.3 Å². The van der Waals surface area contributed by atoms with E-state index >= 15 is 0 Å². The second kappa shape index (κ2) is 5.80. The number of hydrogen-bond acceptors (Lipinski definition) is 3. The Hall–Kier alpha value is -0.610. The van der Waals surface area contributed by atoms with Crippen molar-refractivity contribution in [3.05, 3.63) is 0 Å². The SMILES string of the molecule is NC[C@H]1CCC[C@H]1C(=O)N1CCN(CC2CC2)CC1. The molecule has 1 saturated heterocycles. The van der Waals surface area contributed by atoms with E-state index in [1.54, 1.807) is 0 Å². The lowest BCUT2D eigenvalue weighted by Crippen LogP contribution is -2.51. The van der Waals surface area contributed by atoms with Crippen LogP contribution in [-0.4, -0.2) is 55.0 Å². The highest BCUT2D eigenvalue weighted by Crippen LogP contribution is 2.33. The average Bonchev–Trinajstić information content (AvgIpc) is 3.12. The first-order chi connectivity index (χ1) is 9.28. The third-order valence-corrected chi connectivity index (χ3v) is 5.18. The van der Waals surface area contributed by atoms with E-state index in [0.717, 1.165) is 44.9 Å². The maximum Gasteiger partial charge on any atom is 0.226 e. The van der Waals surface area contributed by atoms with Gasteiger partial charge in [-0.15, -0.1) is 0 Å². The van der Waals surface area contributed by atoms with E-state index in [1.807, 2.05) is 0 Å². The molecule has 1 heterocycles. The minimum absolute atomic E-state index is 0.222. The van der Waals surface area contributed by atoms with Gasteiger partial charge in [0.15, 0.2) is 0 Å². The van der Waals surface area contributed by atoms with E-state index < -0.39 is 0 Å². The van der Waals surface area contributed by atoms with Crippen molar-refractivity contribution in [3.63, 3.8) is 0 Å². The van der Waals surface area contributed by atoms with Crippen molar-refractivity contribution in [2.24, 2.45) is 23.5 Å². The Labute approximate surface area is 116 Å². The van der Waals surface area contributed by atoms with E-state index in [0.29, 0.717) is 18.4 Å². The van der Waals surface area contributed by atoms with Crippen molar-refractivity contribution in [1.82, 2.24) is 9.80 Å². The lowest BCUT2D eigenvalue weighted by molar-refractivity contribution is -0.138. The normalized spacial score (nSPS) is 32.8. The summed E-state index contributed by atoms with van der Waals surface area (Å²) in [4.78, 5) is 17.2. The molecule has 3 aliphatic rings. The fourth-order valence-corrected chi connectivity index (χ4v) is 3.69. The highest BCUT2D eigenvalue weighted by molar-refractivity contribution is 5.79. The average molecular weight is 265 g/mol. The Morgan fingerprint density at radius 1 is 1.05 bits per heavy atom. The van der Waals surface area contributed by atoms with E-state index in [4.69, 9.17) is 5.73 Å². The van der Waals surface area contributed by atoms with Gasteiger partial charge in [-0.25, -0.2) is 0 Å². The molecule has 0 spiro atoms. The van der Waals surface area contributed by atoms with Gasteiger partial charge in [0.25, 0.3) is 0 Å². The number of hydrogen-bond donors (Lipinski definition) is 1. The van der Waals surface area contributed by atoms with Gasteiger partial charge in [-0.3, -0.25) is 9.69 Å². The Kier molecular flexibility index (Phi) is 4.08. The van der Waals surface area contributed by atoms with Crippen LogP contribution in [0.1, 0.15) is 32.1 Å². The predicted octanol–water partition coefficient (Wildman–Crippen LogP) is 0.916. The Morgan fingerprint density at radius 3 is 2.42 bits per heavy atom. The van der Waals surface area contributed by atoms with Gasteiger partial charge in [0.1, 0.15) is 0 Å². The lowest BCUT2D eigenvalue weighted by Gasteiger charge is -2.36. The molecule has 2 aliphatic carbocycles. The maximum atomic E-state index is 12.6. The zero-order chi connectivity index (χ0) is 13.2. The molecule has 0 unspecified atom stereocenters. The summed E-state index contributed by atoms with van der Waals surface area (Å²) >= 11 is 0. The van der Waals surface area contributed by atoms with Crippen LogP contribution < -0.4 is 5.73 Å². The number of carbonyl (C=O) groups is 1. The third-order valence-electron chi connectivity index (χ3n) is 5.18. The minimum Gasteiger partial charge on any atom is -0.340 e. The maximum absolute atomic E-state index is 12.6. The number of piperazine rings is 1. The molecule has 0 aromatic carbocycles.